The normalized spacial score (nSPS) is 11.9. The standard InChI is InChI=1S/C14H6F6N2O5/c15-13(16,17)7-1-9(21(23)24)5-11(3-7)27-12-4-8(14(18,19)20)2-10(6-12)22(25)26/h1-6H. The molecule has 0 aliphatic carbocycles. The van der Waals surface area contributed by atoms with Gasteiger partial charge in [0.1, 0.15) is 11.5 Å². The Hall–Kier alpha value is -3.38. The molecule has 144 valence electrons. The minimum Gasteiger partial charge on any atom is -0.457 e. The number of benzene rings is 2. The van der Waals surface area contributed by atoms with Crippen molar-refractivity contribution in [1.29, 1.82) is 0 Å². The van der Waals surface area contributed by atoms with Crippen LogP contribution in [0.25, 0.3) is 0 Å². The fourth-order valence-corrected chi connectivity index (χ4v) is 1.96. The molecule has 0 N–H and O–H groups in total. The zero-order chi connectivity index (χ0) is 20.6. The van der Waals surface area contributed by atoms with E-state index in [2.05, 4.69) is 0 Å². The number of halogens is 6. The Bertz CT molecular complexity index is 836. The zero-order valence-corrected chi connectivity index (χ0v) is 12.7. The minimum atomic E-state index is -5.00. The molecule has 13 heteroatoms. The molecular weight excluding hydrogens is 390 g/mol. The van der Waals surface area contributed by atoms with Gasteiger partial charge in [-0.2, -0.15) is 26.3 Å². The van der Waals surface area contributed by atoms with Crippen LogP contribution < -0.4 is 4.74 Å². The predicted octanol–water partition coefficient (Wildman–Crippen LogP) is 5.33. The van der Waals surface area contributed by atoms with Crippen LogP contribution in [-0.2, 0) is 12.4 Å². The molecule has 0 heterocycles. The van der Waals surface area contributed by atoms with Gasteiger partial charge in [0.15, 0.2) is 0 Å². The van der Waals surface area contributed by atoms with E-state index in [1.807, 2.05) is 0 Å². The monoisotopic (exact) mass is 396 g/mol. The summed E-state index contributed by atoms with van der Waals surface area (Å²) in [5.41, 5.74) is -5.01. The maximum absolute atomic E-state index is 12.8. The smallest absolute Gasteiger partial charge is 0.416 e. The van der Waals surface area contributed by atoms with Gasteiger partial charge in [0.25, 0.3) is 11.4 Å². The van der Waals surface area contributed by atoms with Crippen LogP contribution >= 0.6 is 0 Å². The largest absolute Gasteiger partial charge is 0.457 e. The average Bonchev–Trinajstić information content (AvgIpc) is 2.52. The average molecular weight is 396 g/mol. The van der Waals surface area contributed by atoms with Gasteiger partial charge in [-0.1, -0.05) is 0 Å². The first kappa shape index (κ1) is 19.9. The molecule has 0 saturated carbocycles. The van der Waals surface area contributed by atoms with Crippen molar-refractivity contribution in [2.45, 2.75) is 12.4 Å². The lowest BCUT2D eigenvalue weighted by Gasteiger charge is -2.12. The molecule has 7 nitrogen and oxygen atoms in total. The van der Waals surface area contributed by atoms with Gasteiger partial charge in [0.05, 0.1) is 33.1 Å². The van der Waals surface area contributed by atoms with Crippen LogP contribution in [0.1, 0.15) is 11.1 Å². The lowest BCUT2D eigenvalue weighted by atomic mass is 10.1. The molecule has 0 bridgehead atoms. The Balaban J connectivity index is 2.56. The first-order chi connectivity index (χ1) is 12.3. The van der Waals surface area contributed by atoms with Gasteiger partial charge in [-0.25, -0.2) is 0 Å². The lowest BCUT2D eigenvalue weighted by molar-refractivity contribution is -0.385. The third-order valence-electron chi connectivity index (χ3n) is 3.09. The molecule has 0 radical (unpaired) electrons. The van der Waals surface area contributed by atoms with E-state index < -0.39 is 56.2 Å². The first-order valence-corrected chi connectivity index (χ1v) is 6.68. The molecule has 2 rings (SSSR count). The molecule has 2 aromatic carbocycles. The van der Waals surface area contributed by atoms with Gasteiger partial charge in [0.2, 0.25) is 0 Å². The summed E-state index contributed by atoms with van der Waals surface area (Å²) < 4.78 is 81.8. The van der Waals surface area contributed by atoms with Gasteiger partial charge >= 0.3 is 12.4 Å². The highest BCUT2D eigenvalue weighted by Gasteiger charge is 2.34. The summed E-state index contributed by atoms with van der Waals surface area (Å²) in [7, 11) is 0. The predicted molar refractivity (Wildman–Crippen MR) is 76.3 cm³/mol. The van der Waals surface area contributed by atoms with Crippen LogP contribution in [0.5, 0.6) is 11.5 Å². The molecule has 2 aromatic rings. The highest BCUT2D eigenvalue weighted by molar-refractivity contribution is 5.49. The van der Waals surface area contributed by atoms with E-state index in [1.165, 1.54) is 0 Å². The second-order valence-corrected chi connectivity index (χ2v) is 5.04. The van der Waals surface area contributed by atoms with Gasteiger partial charge in [-0.15, -0.1) is 0 Å². The maximum Gasteiger partial charge on any atom is 0.416 e. The second-order valence-electron chi connectivity index (χ2n) is 5.04. The molecule has 0 aliphatic rings. The fraction of sp³-hybridized carbons (Fsp3) is 0.143. The van der Waals surface area contributed by atoms with Crippen molar-refractivity contribution in [2.75, 3.05) is 0 Å². The number of rotatable bonds is 4. The number of ether oxygens (including phenoxy) is 1. The molecule has 0 amide bonds. The van der Waals surface area contributed by atoms with Crippen LogP contribution in [0.2, 0.25) is 0 Å². The fourth-order valence-electron chi connectivity index (χ4n) is 1.96. The van der Waals surface area contributed by atoms with Crippen molar-refractivity contribution >= 4 is 11.4 Å². The summed E-state index contributed by atoms with van der Waals surface area (Å²) in [6.45, 7) is 0. The van der Waals surface area contributed by atoms with E-state index in [-0.39, 0.29) is 12.1 Å². The van der Waals surface area contributed by atoms with Crippen LogP contribution in [0.15, 0.2) is 36.4 Å². The topological polar surface area (TPSA) is 95.5 Å². The van der Waals surface area contributed by atoms with E-state index in [9.17, 15) is 46.6 Å². The summed E-state index contributed by atoms with van der Waals surface area (Å²) in [5.74, 6) is -1.63. The molecule has 0 atom stereocenters. The molecular formula is C14H6F6N2O5. The Kier molecular flexibility index (Phi) is 4.97. The van der Waals surface area contributed by atoms with E-state index in [0.717, 1.165) is 0 Å². The van der Waals surface area contributed by atoms with Crippen molar-refractivity contribution < 1.29 is 40.9 Å². The van der Waals surface area contributed by atoms with Crippen molar-refractivity contribution in [3.8, 4) is 11.5 Å². The third kappa shape index (κ3) is 4.83. The molecule has 0 spiro atoms. The van der Waals surface area contributed by atoms with Crippen molar-refractivity contribution in [3.05, 3.63) is 67.8 Å². The highest BCUT2D eigenvalue weighted by Crippen LogP contribution is 2.39. The first-order valence-electron chi connectivity index (χ1n) is 6.68. The van der Waals surface area contributed by atoms with E-state index in [4.69, 9.17) is 4.74 Å². The number of hydrogen-bond donors (Lipinski definition) is 0. The van der Waals surface area contributed by atoms with Crippen molar-refractivity contribution in [1.82, 2.24) is 0 Å². The van der Waals surface area contributed by atoms with E-state index in [1.54, 1.807) is 0 Å². The molecule has 0 unspecified atom stereocenters. The number of non-ortho nitro benzene ring substituents is 2. The molecule has 27 heavy (non-hydrogen) atoms. The summed E-state index contributed by atoms with van der Waals surface area (Å²) >= 11 is 0. The van der Waals surface area contributed by atoms with Crippen LogP contribution in [0, 0.1) is 20.2 Å². The van der Waals surface area contributed by atoms with Crippen molar-refractivity contribution in [3.63, 3.8) is 0 Å². The van der Waals surface area contributed by atoms with Crippen molar-refractivity contribution in [2.24, 2.45) is 0 Å². The van der Waals surface area contributed by atoms with Gasteiger partial charge in [0, 0.05) is 12.1 Å². The van der Waals surface area contributed by atoms with Crippen LogP contribution in [0.4, 0.5) is 37.7 Å². The van der Waals surface area contributed by atoms with Gasteiger partial charge in [-0.05, 0) is 12.1 Å². The number of hydrogen-bond acceptors (Lipinski definition) is 5. The molecule has 0 saturated heterocycles. The number of nitro benzene ring substituents is 2. The van der Waals surface area contributed by atoms with Gasteiger partial charge in [-0.3, -0.25) is 20.2 Å². The van der Waals surface area contributed by atoms with E-state index in [0.29, 0.717) is 24.3 Å². The van der Waals surface area contributed by atoms with Crippen LogP contribution in [-0.4, -0.2) is 9.85 Å². The summed E-state index contributed by atoms with van der Waals surface area (Å²) in [6, 6.07) is 2.14. The Labute approximate surface area is 145 Å². The zero-order valence-electron chi connectivity index (χ0n) is 12.7. The second kappa shape index (κ2) is 6.74. The summed E-state index contributed by atoms with van der Waals surface area (Å²) in [4.78, 5) is 19.2. The minimum absolute atomic E-state index is 0.210. The maximum atomic E-state index is 12.8. The van der Waals surface area contributed by atoms with Crippen LogP contribution in [0.3, 0.4) is 0 Å². The van der Waals surface area contributed by atoms with E-state index >= 15 is 0 Å². The SMILES string of the molecule is O=[N+]([O-])c1cc(Oc2cc([N+](=O)[O-])cc(C(F)(F)F)c2)cc(C(F)(F)F)c1. The summed E-state index contributed by atoms with van der Waals surface area (Å²) in [6.07, 6.45) is -9.99. The number of nitrogens with zero attached hydrogens (tertiary/aromatic N) is 2. The number of nitro groups is 2. The Morgan fingerprint density at radius 1 is 0.667 bits per heavy atom. The number of alkyl halides is 6. The highest BCUT2D eigenvalue weighted by atomic mass is 19.4. The Morgan fingerprint density at radius 2 is 1.00 bits per heavy atom. The quantitative estimate of drug-likeness (QED) is 0.395. The molecule has 0 aromatic heterocycles. The molecule has 0 fully saturated rings. The summed E-state index contributed by atoms with van der Waals surface area (Å²) in [5, 5.41) is 21.5. The van der Waals surface area contributed by atoms with Gasteiger partial charge < -0.3 is 4.74 Å². The lowest BCUT2D eigenvalue weighted by Crippen LogP contribution is -2.07. The third-order valence-corrected chi connectivity index (χ3v) is 3.09. The molecule has 0 aliphatic heterocycles. The Morgan fingerprint density at radius 3 is 1.26 bits per heavy atom.